The maximum Gasteiger partial charge on any atom is 0.327 e. The van der Waals surface area contributed by atoms with Gasteiger partial charge in [0.2, 0.25) is 0 Å². The van der Waals surface area contributed by atoms with E-state index in [1.807, 2.05) is 6.92 Å². The van der Waals surface area contributed by atoms with Crippen molar-refractivity contribution in [3.05, 3.63) is 34.4 Å². The van der Waals surface area contributed by atoms with Gasteiger partial charge in [-0.2, -0.15) is 0 Å². The first kappa shape index (κ1) is 14.1. The van der Waals surface area contributed by atoms with Gasteiger partial charge in [-0.25, -0.2) is 4.79 Å². The minimum absolute atomic E-state index is 0.163. The molecule has 3 heteroatoms. The zero-order valence-electron chi connectivity index (χ0n) is 12.2. The minimum Gasteiger partial charge on any atom is -0.465 e. The summed E-state index contributed by atoms with van der Waals surface area (Å²) in [5, 5.41) is 3.42. The van der Waals surface area contributed by atoms with Crippen LogP contribution < -0.4 is 5.32 Å². The Hall–Kier alpha value is -1.35. The molecule has 1 atom stereocenters. The van der Waals surface area contributed by atoms with Gasteiger partial charge in [-0.1, -0.05) is 17.7 Å². The summed E-state index contributed by atoms with van der Waals surface area (Å²) < 4.78 is 5.23. The molecule has 0 bridgehead atoms. The molecule has 0 spiro atoms. The molecule has 1 aliphatic carbocycles. The van der Waals surface area contributed by atoms with Crippen LogP contribution in [-0.4, -0.2) is 18.6 Å². The topological polar surface area (TPSA) is 38.3 Å². The SMILES string of the molecule is CCOC(=O)C(NC1CC1)c1c(C)cc(C)cc1C. The Kier molecular flexibility index (Phi) is 4.25. The quantitative estimate of drug-likeness (QED) is 0.828. The molecule has 104 valence electrons. The van der Waals surface area contributed by atoms with E-state index in [9.17, 15) is 4.79 Å². The van der Waals surface area contributed by atoms with Gasteiger partial charge in [0.15, 0.2) is 0 Å². The first-order valence-electron chi connectivity index (χ1n) is 7.03. The fourth-order valence-corrected chi connectivity index (χ4v) is 2.63. The highest BCUT2D eigenvalue weighted by Crippen LogP contribution is 2.29. The van der Waals surface area contributed by atoms with Gasteiger partial charge in [-0.3, -0.25) is 5.32 Å². The Balaban J connectivity index is 2.33. The van der Waals surface area contributed by atoms with Gasteiger partial charge < -0.3 is 4.74 Å². The number of carbonyl (C=O) groups excluding carboxylic acids is 1. The monoisotopic (exact) mass is 261 g/mol. The van der Waals surface area contributed by atoms with Crippen molar-refractivity contribution >= 4 is 5.97 Å². The van der Waals surface area contributed by atoms with Gasteiger partial charge in [0.1, 0.15) is 6.04 Å². The molecule has 1 fully saturated rings. The van der Waals surface area contributed by atoms with Crippen molar-refractivity contribution < 1.29 is 9.53 Å². The predicted molar refractivity (Wildman–Crippen MR) is 76.2 cm³/mol. The maximum atomic E-state index is 12.2. The summed E-state index contributed by atoms with van der Waals surface area (Å²) in [6.45, 7) is 8.48. The van der Waals surface area contributed by atoms with E-state index in [-0.39, 0.29) is 12.0 Å². The molecule has 0 amide bonds. The third-order valence-electron chi connectivity index (χ3n) is 3.53. The van der Waals surface area contributed by atoms with Crippen molar-refractivity contribution in [3.8, 4) is 0 Å². The highest BCUT2D eigenvalue weighted by Gasteiger charge is 2.32. The standard InChI is InChI=1S/C16H23NO2/c1-5-19-16(18)15(17-13-6-7-13)14-11(3)8-10(2)9-12(14)4/h8-9,13,15,17H,5-7H2,1-4H3. The van der Waals surface area contributed by atoms with Crippen molar-refractivity contribution in [1.82, 2.24) is 5.32 Å². The van der Waals surface area contributed by atoms with Crippen LogP contribution in [-0.2, 0) is 9.53 Å². The van der Waals surface area contributed by atoms with Gasteiger partial charge in [-0.05, 0) is 57.2 Å². The lowest BCUT2D eigenvalue weighted by Gasteiger charge is -2.22. The van der Waals surface area contributed by atoms with E-state index in [1.165, 1.54) is 5.56 Å². The first-order valence-corrected chi connectivity index (χ1v) is 7.03. The number of rotatable bonds is 5. The van der Waals surface area contributed by atoms with Crippen molar-refractivity contribution in [3.63, 3.8) is 0 Å². The Morgan fingerprint density at radius 3 is 2.37 bits per heavy atom. The number of benzene rings is 1. The molecule has 0 aromatic heterocycles. The zero-order valence-corrected chi connectivity index (χ0v) is 12.2. The van der Waals surface area contributed by atoms with Crippen LogP contribution in [0.5, 0.6) is 0 Å². The maximum absolute atomic E-state index is 12.2. The molecule has 19 heavy (non-hydrogen) atoms. The number of carbonyl (C=O) groups is 1. The highest BCUT2D eigenvalue weighted by molar-refractivity contribution is 5.79. The molecule has 3 nitrogen and oxygen atoms in total. The van der Waals surface area contributed by atoms with Crippen LogP contribution in [0.25, 0.3) is 0 Å². The molecule has 1 aromatic carbocycles. The average Bonchev–Trinajstić information content (AvgIpc) is 3.10. The molecule has 0 radical (unpaired) electrons. The van der Waals surface area contributed by atoms with Gasteiger partial charge in [0, 0.05) is 6.04 Å². The number of aryl methyl sites for hydroxylation is 3. The van der Waals surface area contributed by atoms with Crippen LogP contribution in [0.2, 0.25) is 0 Å². The van der Waals surface area contributed by atoms with Crippen LogP contribution in [0.3, 0.4) is 0 Å². The molecule has 1 N–H and O–H groups in total. The molecular weight excluding hydrogens is 238 g/mol. The Morgan fingerprint density at radius 1 is 1.32 bits per heavy atom. The van der Waals surface area contributed by atoms with E-state index >= 15 is 0 Å². The molecule has 1 saturated carbocycles. The Morgan fingerprint density at radius 2 is 1.89 bits per heavy atom. The van der Waals surface area contributed by atoms with Crippen molar-refractivity contribution in [2.75, 3.05) is 6.61 Å². The number of ether oxygens (including phenoxy) is 1. The molecular formula is C16H23NO2. The molecule has 1 aromatic rings. The van der Waals surface area contributed by atoms with Gasteiger partial charge in [-0.15, -0.1) is 0 Å². The second-order valence-corrected chi connectivity index (χ2v) is 5.44. The number of hydrogen-bond acceptors (Lipinski definition) is 3. The summed E-state index contributed by atoms with van der Waals surface area (Å²) in [4.78, 5) is 12.2. The van der Waals surface area contributed by atoms with Crippen LogP contribution in [0.15, 0.2) is 12.1 Å². The van der Waals surface area contributed by atoms with E-state index < -0.39 is 0 Å². The van der Waals surface area contributed by atoms with Crippen LogP contribution in [0, 0.1) is 20.8 Å². The van der Waals surface area contributed by atoms with E-state index in [2.05, 4.69) is 38.2 Å². The lowest BCUT2D eigenvalue weighted by atomic mass is 9.94. The molecule has 1 aliphatic rings. The van der Waals surface area contributed by atoms with Gasteiger partial charge in [0.05, 0.1) is 6.61 Å². The molecule has 0 heterocycles. The number of nitrogens with one attached hydrogen (secondary N) is 1. The number of hydrogen-bond donors (Lipinski definition) is 1. The van der Waals surface area contributed by atoms with Gasteiger partial charge in [0.25, 0.3) is 0 Å². The first-order chi connectivity index (χ1) is 9.02. The Labute approximate surface area is 115 Å². The number of esters is 1. The normalized spacial score (nSPS) is 16.2. The molecule has 0 aliphatic heterocycles. The third-order valence-corrected chi connectivity index (χ3v) is 3.53. The largest absolute Gasteiger partial charge is 0.465 e. The van der Waals surface area contributed by atoms with Crippen LogP contribution in [0.4, 0.5) is 0 Å². The second-order valence-electron chi connectivity index (χ2n) is 5.44. The predicted octanol–water partition coefficient (Wildman–Crippen LogP) is 2.97. The highest BCUT2D eigenvalue weighted by atomic mass is 16.5. The van der Waals surface area contributed by atoms with E-state index in [4.69, 9.17) is 4.74 Å². The summed E-state index contributed by atoms with van der Waals surface area (Å²) in [6.07, 6.45) is 2.31. The van der Waals surface area contributed by atoms with E-state index in [1.54, 1.807) is 0 Å². The zero-order chi connectivity index (χ0) is 14.0. The third kappa shape index (κ3) is 3.35. The molecule has 2 rings (SSSR count). The van der Waals surface area contributed by atoms with Gasteiger partial charge >= 0.3 is 5.97 Å². The summed E-state index contributed by atoms with van der Waals surface area (Å²) in [5.74, 6) is -0.163. The summed E-state index contributed by atoms with van der Waals surface area (Å²) in [6, 6.07) is 4.40. The smallest absolute Gasteiger partial charge is 0.327 e. The second kappa shape index (κ2) is 5.74. The van der Waals surface area contributed by atoms with Crippen molar-refractivity contribution in [1.29, 1.82) is 0 Å². The Bertz CT molecular complexity index is 455. The lowest BCUT2D eigenvalue weighted by molar-refractivity contribution is -0.146. The minimum atomic E-state index is -0.326. The summed E-state index contributed by atoms with van der Waals surface area (Å²) >= 11 is 0. The van der Waals surface area contributed by atoms with E-state index in [0.717, 1.165) is 29.5 Å². The van der Waals surface area contributed by atoms with Crippen molar-refractivity contribution in [2.45, 2.75) is 52.6 Å². The molecule has 1 unspecified atom stereocenters. The van der Waals surface area contributed by atoms with E-state index in [0.29, 0.717) is 12.6 Å². The average molecular weight is 261 g/mol. The van der Waals surface area contributed by atoms with Crippen LogP contribution >= 0.6 is 0 Å². The van der Waals surface area contributed by atoms with Crippen molar-refractivity contribution in [2.24, 2.45) is 0 Å². The fourth-order valence-electron chi connectivity index (χ4n) is 2.63. The fraction of sp³-hybridized carbons (Fsp3) is 0.562. The lowest BCUT2D eigenvalue weighted by Crippen LogP contribution is -2.33. The summed E-state index contributed by atoms with van der Waals surface area (Å²) in [7, 11) is 0. The van der Waals surface area contributed by atoms with Crippen LogP contribution in [0.1, 0.15) is 48.1 Å². The summed E-state index contributed by atoms with van der Waals surface area (Å²) in [5.41, 5.74) is 4.62. The molecule has 0 saturated heterocycles.